The number of hydrogen-bond donors (Lipinski definition) is 1. The van der Waals surface area contributed by atoms with Crippen molar-refractivity contribution >= 4 is 21.9 Å². The molecule has 1 aromatic rings. The predicted molar refractivity (Wildman–Crippen MR) is 83.1 cm³/mol. The van der Waals surface area contributed by atoms with E-state index >= 15 is 0 Å². The molecule has 1 saturated heterocycles. The summed E-state index contributed by atoms with van der Waals surface area (Å²) in [5, 5.41) is 9.11. The van der Waals surface area contributed by atoms with Gasteiger partial charge in [-0.05, 0) is 31.2 Å². The smallest absolute Gasteiger partial charge is 0.306 e. The molecule has 2 rings (SSSR count). The van der Waals surface area contributed by atoms with Crippen LogP contribution in [-0.2, 0) is 11.2 Å². The second kappa shape index (κ2) is 6.66. The monoisotopic (exact) mass is 357 g/mol. The Morgan fingerprint density at radius 2 is 2.19 bits per heavy atom. The fourth-order valence-electron chi connectivity index (χ4n) is 2.36. The number of rotatable bonds is 6. The van der Waals surface area contributed by atoms with Crippen LogP contribution < -0.4 is 9.47 Å². The van der Waals surface area contributed by atoms with Crippen molar-refractivity contribution in [2.45, 2.75) is 19.4 Å². The van der Waals surface area contributed by atoms with E-state index in [1.807, 2.05) is 19.2 Å². The van der Waals surface area contributed by atoms with Gasteiger partial charge in [-0.2, -0.15) is 0 Å². The Kier molecular flexibility index (Phi) is 5.11. The van der Waals surface area contributed by atoms with E-state index in [0.29, 0.717) is 17.9 Å². The average Bonchev–Trinajstić information content (AvgIpc) is 2.38. The highest BCUT2D eigenvalue weighted by Gasteiger charge is 2.28. The Morgan fingerprint density at radius 3 is 2.71 bits per heavy atom. The lowest BCUT2D eigenvalue weighted by Gasteiger charge is -2.36. The number of likely N-dealkylation sites (tertiary alicyclic amines) is 1. The Bertz CT molecular complexity index is 529. The number of benzene rings is 1. The summed E-state index contributed by atoms with van der Waals surface area (Å²) in [7, 11) is 3.62. The number of methoxy groups -OCH3 is 1. The van der Waals surface area contributed by atoms with Crippen LogP contribution in [0.5, 0.6) is 11.5 Å². The highest BCUT2D eigenvalue weighted by molar-refractivity contribution is 9.10. The molecule has 0 aliphatic carbocycles. The zero-order chi connectivity index (χ0) is 15.6. The Labute approximate surface area is 133 Å². The Hall–Kier alpha value is -1.27. The van der Waals surface area contributed by atoms with E-state index in [1.165, 1.54) is 0 Å². The molecule has 1 aliphatic rings. The minimum Gasteiger partial charge on any atom is -0.493 e. The molecule has 1 fully saturated rings. The van der Waals surface area contributed by atoms with Crippen LogP contribution >= 0.6 is 15.9 Å². The zero-order valence-electron chi connectivity index (χ0n) is 12.4. The van der Waals surface area contributed by atoms with Gasteiger partial charge in [0, 0.05) is 17.6 Å². The lowest BCUT2D eigenvalue weighted by atomic mass is 10.00. The first-order valence-electron chi connectivity index (χ1n) is 6.85. The van der Waals surface area contributed by atoms with Crippen molar-refractivity contribution < 1.29 is 19.4 Å². The van der Waals surface area contributed by atoms with Gasteiger partial charge in [0.05, 0.1) is 13.0 Å². The molecule has 0 saturated carbocycles. The highest BCUT2D eigenvalue weighted by Crippen LogP contribution is 2.37. The van der Waals surface area contributed by atoms with Gasteiger partial charge < -0.3 is 14.6 Å². The Morgan fingerprint density at radius 1 is 1.52 bits per heavy atom. The fraction of sp³-hybridized carbons (Fsp3) is 0.533. The van der Waals surface area contributed by atoms with Gasteiger partial charge in [-0.3, -0.25) is 9.69 Å². The summed E-state index contributed by atoms with van der Waals surface area (Å²) in [4.78, 5) is 13.3. The number of nitrogens with zero attached hydrogens (tertiary/aromatic N) is 1. The highest BCUT2D eigenvalue weighted by atomic mass is 79.9. The second-order valence-corrected chi connectivity index (χ2v) is 6.42. The molecule has 1 N–H and O–H groups in total. The van der Waals surface area contributed by atoms with Crippen molar-refractivity contribution in [3.63, 3.8) is 0 Å². The van der Waals surface area contributed by atoms with E-state index in [0.717, 1.165) is 23.1 Å². The molecule has 1 atom stereocenters. The summed E-state index contributed by atoms with van der Waals surface area (Å²) in [6.07, 6.45) is 0.534. The van der Waals surface area contributed by atoms with Crippen LogP contribution in [0.25, 0.3) is 0 Å². The number of carbonyl (C=O) groups is 1. The van der Waals surface area contributed by atoms with Crippen LogP contribution in [0.1, 0.15) is 12.5 Å². The molecule has 21 heavy (non-hydrogen) atoms. The third-order valence-electron chi connectivity index (χ3n) is 3.58. The van der Waals surface area contributed by atoms with Gasteiger partial charge in [0.1, 0.15) is 6.10 Å². The van der Waals surface area contributed by atoms with E-state index < -0.39 is 11.9 Å². The van der Waals surface area contributed by atoms with Gasteiger partial charge in [0.15, 0.2) is 11.5 Å². The molecule has 1 aliphatic heterocycles. The number of carboxylic acid groups (broad SMARTS) is 1. The number of hydrogen-bond acceptors (Lipinski definition) is 4. The number of ether oxygens (including phenoxy) is 2. The van der Waals surface area contributed by atoms with Gasteiger partial charge in [0.25, 0.3) is 0 Å². The van der Waals surface area contributed by atoms with Crippen LogP contribution in [0.4, 0.5) is 0 Å². The van der Waals surface area contributed by atoms with Crippen molar-refractivity contribution in [2.24, 2.45) is 5.92 Å². The molecule has 6 heteroatoms. The summed E-state index contributed by atoms with van der Waals surface area (Å²) in [5.74, 6) is -0.00268. The third-order valence-corrected chi connectivity index (χ3v) is 4.04. The summed E-state index contributed by atoms with van der Waals surface area (Å²) in [6.45, 7) is 3.43. The first kappa shape index (κ1) is 16.1. The van der Waals surface area contributed by atoms with Crippen LogP contribution in [0, 0.1) is 5.92 Å². The van der Waals surface area contributed by atoms with Gasteiger partial charge in [-0.25, -0.2) is 0 Å². The second-order valence-electron chi connectivity index (χ2n) is 5.50. The van der Waals surface area contributed by atoms with Crippen molar-refractivity contribution in [2.75, 3.05) is 27.2 Å². The molecule has 1 heterocycles. The molecule has 0 spiro atoms. The summed E-state index contributed by atoms with van der Waals surface area (Å²) >= 11 is 3.43. The number of halogens is 1. The summed E-state index contributed by atoms with van der Waals surface area (Å²) in [5.41, 5.74) is 0.852. The molecule has 0 bridgehead atoms. The fourth-order valence-corrected chi connectivity index (χ4v) is 2.84. The van der Waals surface area contributed by atoms with Crippen molar-refractivity contribution in [3.8, 4) is 11.5 Å². The van der Waals surface area contributed by atoms with E-state index in [-0.39, 0.29) is 6.10 Å². The molecular weight excluding hydrogens is 338 g/mol. The third kappa shape index (κ3) is 3.89. The quantitative estimate of drug-likeness (QED) is 0.846. The van der Waals surface area contributed by atoms with Gasteiger partial charge in [0.2, 0.25) is 0 Å². The normalized spacial score (nSPS) is 17.1. The number of carboxylic acids is 1. The molecule has 1 unspecified atom stereocenters. The van der Waals surface area contributed by atoms with Crippen LogP contribution in [0.2, 0.25) is 0 Å². The summed E-state index contributed by atoms with van der Waals surface area (Å²) in [6, 6.07) is 3.74. The van der Waals surface area contributed by atoms with Crippen molar-refractivity contribution in [1.82, 2.24) is 4.90 Å². The zero-order valence-corrected chi connectivity index (χ0v) is 14.0. The summed E-state index contributed by atoms with van der Waals surface area (Å²) < 4.78 is 12.3. The van der Waals surface area contributed by atoms with Crippen molar-refractivity contribution in [3.05, 3.63) is 22.2 Å². The SMILES string of the molecule is COc1cc(Br)cc(CC(C)C(=O)O)c1OC1CN(C)C1. The van der Waals surface area contributed by atoms with Crippen LogP contribution in [0.3, 0.4) is 0 Å². The minimum absolute atomic E-state index is 0.129. The van der Waals surface area contributed by atoms with E-state index in [2.05, 4.69) is 20.8 Å². The van der Waals surface area contributed by atoms with E-state index in [1.54, 1.807) is 14.0 Å². The lowest BCUT2D eigenvalue weighted by molar-refractivity contribution is -0.141. The largest absolute Gasteiger partial charge is 0.493 e. The molecule has 5 nitrogen and oxygen atoms in total. The molecule has 0 aromatic heterocycles. The molecule has 0 amide bonds. The van der Waals surface area contributed by atoms with Gasteiger partial charge in [-0.15, -0.1) is 0 Å². The van der Waals surface area contributed by atoms with E-state index in [9.17, 15) is 4.79 Å². The van der Waals surface area contributed by atoms with Gasteiger partial charge in [-0.1, -0.05) is 22.9 Å². The lowest BCUT2D eigenvalue weighted by Crippen LogP contribution is -2.51. The molecule has 1 aromatic carbocycles. The predicted octanol–water partition coefficient (Wildman–Crippen LogP) is 2.41. The van der Waals surface area contributed by atoms with E-state index in [4.69, 9.17) is 14.6 Å². The standard InChI is InChI=1S/C15H20BrNO4/c1-9(15(18)19)4-10-5-11(16)6-13(20-3)14(10)21-12-7-17(2)8-12/h5-6,9,12H,4,7-8H2,1-3H3,(H,18,19). The first-order chi connectivity index (χ1) is 9.90. The number of likely N-dealkylation sites (N-methyl/N-ethyl adjacent to an activating group) is 1. The molecule has 116 valence electrons. The van der Waals surface area contributed by atoms with Crippen LogP contribution in [0.15, 0.2) is 16.6 Å². The first-order valence-corrected chi connectivity index (χ1v) is 7.64. The minimum atomic E-state index is -0.816. The number of aliphatic carboxylic acids is 1. The topological polar surface area (TPSA) is 59.0 Å². The Balaban J connectivity index is 2.27. The molecular formula is C15H20BrNO4. The van der Waals surface area contributed by atoms with Crippen molar-refractivity contribution in [1.29, 1.82) is 0 Å². The van der Waals surface area contributed by atoms with Gasteiger partial charge >= 0.3 is 5.97 Å². The maximum Gasteiger partial charge on any atom is 0.306 e. The maximum atomic E-state index is 11.1. The van der Waals surface area contributed by atoms with Crippen LogP contribution in [-0.4, -0.2) is 49.3 Å². The molecule has 0 radical (unpaired) electrons. The maximum absolute atomic E-state index is 11.1. The average molecular weight is 358 g/mol.